The van der Waals surface area contributed by atoms with E-state index in [2.05, 4.69) is 25.8 Å². The molecule has 0 aliphatic rings. The molecule has 2 N–H and O–H groups in total. The minimum atomic E-state index is -1.57. The molecule has 0 aliphatic carbocycles. The molecule has 6 nitrogen and oxygen atoms in total. The summed E-state index contributed by atoms with van der Waals surface area (Å²) in [5.41, 5.74) is 0.341. The highest BCUT2D eigenvalue weighted by Crippen LogP contribution is 2.28. The Morgan fingerprint density at radius 2 is 1.70 bits per heavy atom. The molecular weight excluding hydrogens is 359 g/mol. The van der Waals surface area contributed by atoms with E-state index in [0.29, 0.717) is 11.4 Å². The third-order valence-electron chi connectivity index (χ3n) is 3.35. The maximum atomic E-state index is 13.8. The summed E-state index contributed by atoms with van der Waals surface area (Å²) < 4.78 is 45.9. The Bertz CT molecular complexity index is 952. The van der Waals surface area contributed by atoms with E-state index in [1.54, 1.807) is 12.1 Å². The summed E-state index contributed by atoms with van der Waals surface area (Å²) in [6.07, 6.45) is 1.19. The van der Waals surface area contributed by atoms with E-state index in [9.17, 15) is 13.2 Å². The monoisotopic (exact) mass is 375 g/mol. The molecule has 0 saturated heterocycles. The Kier molecular flexibility index (Phi) is 5.39. The molecule has 0 fully saturated rings. The van der Waals surface area contributed by atoms with Gasteiger partial charge >= 0.3 is 0 Å². The third-order valence-corrected chi connectivity index (χ3v) is 3.35. The van der Waals surface area contributed by atoms with Crippen molar-refractivity contribution >= 4 is 23.1 Å². The van der Waals surface area contributed by atoms with Crippen LogP contribution in [0.25, 0.3) is 0 Å². The number of ether oxygens (including phenoxy) is 1. The second-order valence-corrected chi connectivity index (χ2v) is 5.80. The van der Waals surface area contributed by atoms with Crippen LogP contribution >= 0.6 is 0 Å². The normalized spacial score (nSPS) is 10.7. The lowest BCUT2D eigenvalue weighted by molar-refractivity contribution is 0.244. The van der Waals surface area contributed by atoms with Crippen LogP contribution in [0.2, 0.25) is 0 Å². The molecule has 0 aliphatic heterocycles. The first kappa shape index (κ1) is 18.4. The van der Waals surface area contributed by atoms with Crippen LogP contribution in [-0.2, 0) is 0 Å². The number of nitrogens with one attached hydrogen (secondary N) is 2. The SMILES string of the molecule is CC(C)Oc1ccccc1Nc1nncc(Nc2ccc(F)c(F)c2F)n1. The van der Waals surface area contributed by atoms with Gasteiger partial charge in [-0.25, -0.2) is 13.2 Å². The van der Waals surface area contributed by atoms with Crippen LogP contribution in [0.4, 0.5) is 36.3 Å². The van der Waals surface area contributed by atoms with Gasteiger partial charge in [0.15, 0.2) is 23.3 Å². The van der Waals surface area contributed by atoms with E-state index in [4.69, 9.17) is 4.74 Å². The average molecular weight is 375 g/mol. The first-order valence-electron chi connectivity index (χ1n) is 8.07. The number of para-hydroxylation sites is 2. The number of hydrogen-bond acceptors (Lipinski definition) is 6. The average Bonchev–Trinajstić information content (AvgIpc) is 2.64. The zero-order valence-corrected chi connectivity index (χ0v) is 14.5. The van der Waals surface area contributed by atoms with E-state index in [1.807, 2.05) is 26.0 Å². The van der Waals surface area contributed by atoms with E-state index in [-0.39, 0.29) is 23.6 Å². The molecule has 3 aromatic rings. The number of anilines is 4. The van der Waals surface area contributed by atoms with Crippen LogP contribution in [0.1, 0.15) is 13.8 Å². The first-order chi connectivity index (χ1) is 12.9. The fourth-order valence-electron chi connectivity index (χ4n) is 2.22. The van der Waals surface area contributed by atoms with Crippen LogP contribution in [0.5, 0.6) is 5.75 Å². The Balaban J connectivity index is 1.82. The molecule has 0 saturated carbocycles. The number of nitrogens with zero attached hydrogens (tertiary/aromatic N) is 3. The Labute approximate surface area is 153 Å². The predicted octanol–water partition coefficient (Wildman–Crippen LogP) is 4.56. The molecule has 0 atom stereocenters. The molecule has 0 spiro atoms. The van der Waals surface area contributed by atoms with E-state index in [0.717, 1.165) is 12.1 Å². The molecule has 9 heteroatoms. The van der Waals surface area contributed by atoms with Gasteiger partial charge in [0.25, 0.3) is 0 Å². The molecule has 1 aromatic heterocycles. The maximum Gasteiger partial charge on any atom is 0.249 e. The van der Waals surface area contributed by atoms with Crippen molar-refractivity contribution < 1.29 is 17.9 Å². The van der Waals surface area contributed by atoms with Crippen LogP contribution in [0.3, 0.4) is 0 Å². The minimum Gasteiger partial charge on any atom is -0.489 e. The van der Waals surface area contributed by atoms with Gasteiger partial charge in [0.05, 0.1) is 23.7 Å². The predicted molar refractivity (Wildman–Crippen MR) is 94.9 cm³/mol. The fraction of sp³-hybridized carbons (Fsp3) is 0.167. The lowest BCUT2D eigenvalue weighted by Crippen LogP contribution is -2.08. The molecule has 0 amide bonds. The zero-order valence-electron chi connectivity index (χ0n) is 14.5. The van der Waals surface area contributed by atoms with Gasteiger partial charge in [-0.05, 0) is 38.1 Å². The van der Waals surface area contributed by atoms with Crippen molar-refractivity contribution in [3.63, 3.8) is 0 Å². The van der Waals surface area contributed by atoms with Crippen molar-refractivity contribution in [1.82, 2.24) is 15.2 Å². The van der Waals surface area contributed by atoms with Crippen LogP contribution < -0.4 is 15.4 Å². The number of rotatable bonds is 6. The van der Waals surface area contributed by atoms with Crippen molar-refractivity contribution in [3.8, 4) is 5.75 Å². The van der Waals surface area contributed by atoms with Crippen LogP contribution in [-0.4, -0.2) is 21.3 Å². The number of aromatic nitrogens is 3. The van der Waals surface area contributed by atoms with E-state index >= 15 is 0 Å². The topological polar surface area (TPSA) is 72.0 Å². The Morgan fingerprint density at radius 3 is 2.48 bits per heavy atom. The molecule has 0 radical (unpaired) electrons. The molecule has 1 heterocycles. The van der Waals surface area contributed by atoms with Gasteiger partial charge in [-0.15, -0.1) is 5.10 Å². The summed E-state index contributed by atoms with van der Waals surface area (Å²) in [6.45, 7) is 3.80. The van der Waals surface area contributed by atoms with Crippen molar-refractivity contribution in [3.05, 3.63) is 60.0 Å². The fourth-order valence-corrected chi connectivity index (χ4v) is 2.22. The lowest BCUT2D eigenvalue weighted by atomic mass is 10.3. The zero-order chi connectivity index (χ0) is 19.4. The molecular formula is C18H16F3N5O. The van der Waals surface area contributed by atoms with Gasteiger partial charge in [0, 0.05) is 0 Å². The van der Waals surface area contributed by atoms with Gasteiger partial charge in [0.2, 0.25) is 5.95 Å². The second kappa shape index (κ2) is 7.90. The van der Waals surface area contributed by atoms with Crippen LogP contribution in [0, 0.1) is 17.5 Å². The lowest BCUT2D eigenvalue weighted by Gasteiger charge is -2.14. The summed E-state index contributed by atoms with van der Waals surface area (Å²) >= 11 is 0. The summed E-state index contributed by atoms with van der Waals surface area (Å²) in [4.78, 5) is 4.14. The number of halogens is 3. The molecule has 2 aromatic carbocycles. The maximum absolute atomic E-state index is 13.8. The summed E-state index contributed by atoms with van der Waals surface area (Å²) in [5.74, 6) is -3.38. The van der Waals surface area contributed by atoms with Crippen molar-refractivity contribution in [2.24, 2.45) is 0 Å². The Hall–Kier alpha value is -3.36. The summed E-state index contributed by atoms with van der Waals surface area (Å²) in [6, 6.07) is 9.07. The van der Waals surface area contributed by atoms with E-state index in [1.165, 1.54) is 6.20 Å². The molecule has 140 valence electrons. The summed E-state index contributed by atoms with van der Waals surface area (Å²) in [7, 11) is 0. The molecule has 3 rings (SSSR count). The van der Waals surface area contributed by atoms with Gasteiger partial charge in [0.1, 0.15) is 5.75 Å². The van der Waals surface area contributed by atoms with Crippen LogP contribution in [0.15, 0.2) is 42.6 Å². The highest BCUT2D eigenvalue weighted by atomic mass is 19.2. The number of hydrogen-bond donors (Lipinski definition) is 2. The third kappa shape index (κ3) is 4.43. The molecule has 0 unspecified atom stereocenters. The van der Waals surface area contributed by atoms with Crippen molar-refractivity contribution in [1.29, 1.82) is 0 Å². The highest BCUT2D eigenvalue weighted by Gasteiger charge is 2.14. The standard InChI is InChI=1S/C18H16F3N5O/c1-10(2)27-14-6-4-3-5-12(14)24-18-25-15(9-22-26-18)23-13-8-7-11(19)16(20)17(13)21/h3-10H,1-2H3,(H2,23,24,25,26). The summed E-state index contributed by atoms with van der Waals surface area (Å²) in [5, 5.41) is 13.1. The smallest absolute Gasteiger partial charge is 0.249 e. The molecule has 0 bridgehead atoms. The minimum absolute atomic E-state index is 0.0312. The number of benzene rings is 2. The first-order valence-corrected chi connectivity index (χ1v) is 8.07. The van der Waals surface area contributed by atoms with Gasteiger partial charge in [-0.1, -0.05) is 12.1 Å². The quantitative estimate of drug-likeness (QED) is 0.615. The second-order valence-electron chi connectivity index (χ2n) is 5.80. The molecule has 27 heavy (non-hydrogen) atoms. The Morgan fingerprint density at radius 1 is 0.926 bits per heavy atom. The van der Waals surface area contributed by atoms with Gasteiger partial charge < -0.3 is 15.4 Å². The van der Waals surface area contributed by atoms with E-state index < -0.39 is 17.5 Å². The van der Waals surface area contributed by atoms with Gasteiger partial charge in [-0.2, -0.15) is 10.1 Å². The van der Waals surface area contributed by atoms with Gasteiger partial charge in [-0.3, -0.25) is 0 Å². The highest BCUT2D eigenvalue weighted by molar-refractivity contribution is 5.63. The largest absolute Gasteiger partial charge is 0.489 e. The van der Waals surface area contributed by atoms with Crippen molar-refractivity contribution in [2.75, 3.05) is 10.6 Å². The van der Waals surface area contributed by atoms with Crippen molar-refractivity contribution in [2.45, 2.75) is 20.0 Å².